The van der Waals surface area contributed by atoms with Gasteiger partial charge in [0.15, 0.2) is 9.84 Å². The predicted octanol–water partition coefficient (Wildman–Crippen LogP) is 4.42. The number of ether oxygens (including phenoxy) is 2. The summed E-state index contributed by atoms with van der Waals surface area (Å²) >= 11 is 0. The molecule has 184 valence electrons. The molecule has 0 unspecified atom stereocenters. The van der Waals surface area contributed by atoms with Crippen molar-refractivity contribution in [3.63, 3.8) is 0 Å². The fourth-order valence-corrected chi connectivity index (χ4v) is 4.59. The van der Waals surface area contributed by atoms with Gasteiger partial charge in [-0.25, -0.2) is 13.2 Å². The van der Waals surface area contributed by atoms with Crippen molar-refractivity contribution in [2.24, 2.45) is 0 Å². The second-order valence-electron chi connectivity index (χ2n) is 9.72. The molecule has 0 saturated heterocycles. The molecule has 0 fully saturated rings. The van der Waals surface area contributed by atoms with E-state index in [2.05, 4.69) is 0 Å². The molecular weight excluding hydrogens is 454 g/mol. The first kappa shape index (κ1) is 25.7. The van der Waals surface area contributed by atoms with Gasteiger partial charge < -0.3 is 14.4 Å². The highest BCUT2D eigenvalue weighted by Gasteiger charge is 2.23. The highest BCUT2D eigenvalue weighted by atomic mass is 32.2. The molecule has 1 aliphatic rings. The summed E-state index contributed by atoms with van der Waals surface area (Å²) in [5, 5.41) is 0. The first-order chi connectivity index (χ1) is 15.9. The lowest BCUT2D eigenvalue weighted by Crippen LogP contribution is -2.39. The number of carbonyl (C=O) groups excluding carboxylic acids is 2. The maximum atomic E-state index is 12.7. The predicted molar refractivity (Wildman–Crippen MR) is 132 cm³/mol. The summed E-state index contributed by atoms with van der Waals surface area (Å²) in [4.78, 5) is 26.8. The van der Waals surface area contributed by atoms with E-state index >= 15 is 0 Å². The van der Waals surface area contributed by atoms with E-state index in [4.69, 9.17) is 9.47 Å². The third-order valence-electron chi connectivity index (χ3n) is 5.32. The Morgan fingerprint density at radius 1 is 1.06 bits per heavy atom. The van der Waals surface area contributed by atoms with Crippen LogP contribution in [0.5, 0.6) is 5.75 Å². The van der Waals surface area contributed by atoms with E-state index in [-0.39, 0.29) is 18.0 Å². The van der Waals surface area contributed by atoms with E-state index < -0.39 is 21.5 Å². The molecule has 1 aliphatic heterocycles. The number of fused-ring (bicyclic) bond motifs is 1. The van der Waals surface area contributed by atoms with Gasteiger partial charge in [-0.15, -0.1) is 0 Å². The largest absolute Gasteiger partial charge is 0.491 e. The second-order valence-corrected chi connectivity index (χ2v) is 11.9. The SMILES string of the molecule is CC(C)(C)OC(=O)N1CCCC(=O)Cc2cc(-c3ccc(CS(C)(=O)=O)cc3)ccc2OCC1. The molecule has 3 rings (SSSR count). The van der Waals surface area contributed by atoms with Crippen molar-refractivity contribution >= 4 is 21.7 Å². The van der Waals surface area contributed by atoms with Crippen LogP contribution < -0.4 is 4.74 Å². The second kappa shape index (κ2) is 10.6. The van der Waals surface area contributed by atoms with Crippen LogP contribution >= 0.6 is 0 Å². The molecular formula is C26H33NO6S. The van der Waals surface area contributed by atoms with Crippen LogP contribution in [0.1, 0.15) is 44.7 Å². The maximum Gasteiger partial charge on any atom is 0.410 e. The van der Waals surface area contributed by atoms with E-state index in [9.17, 15) is 18.0 Å². The van der Waals surface area contributed by atoms with Crippen LogP contribution in [-0.4, -0.2) is 56.7 Å². The smallest absolute Gasteiger partial charge is 0.410 e. The van der Waals surface area contributed by atoms with Crippen molar-refractivity contribution in [3.8, 4) is 16.9 Å². The molecule has 1 heterocycles. The number of ketones is 1. The minimum absolute atomic E-state index is 0.000122. The number of hydrogen-bond donors (Lipinski definition) is 0. The minimum Gasteiger partial charge on any atom is -0.491 e. The van der Waals surface area contributed by atoms with E-state index in [1.165, 1.54) is 6.26 Å². The van der Waals surface area contributed by atoms with Gasteiger partial charge in [-0.3, -0.25) is 4.79 Å². The van der Waals surface area contributed by atoms with Gasteiger partial charge in [0.2, 0.25) is 0 Å². The van der Waals surface area contributed by atoms with E-state index in [1.54, 1.807) is 17.0 Å². The Bertz CT molecular complexity index is 1130. The van der Waals surface area contributed by atoms with E-state index in [1.807, 2.05) is 51.1 Å². The van der Waals surface area contributed by atoms with Crippen molar-refractivity contribution in [1.29, 1.82) is 0 Å². The Morgan fingerprint density at radius 2 is 1.74 bits per heavy atom. The van der Waals surface area contributed by atoms with Crippen LogP contribution in [0.25, 0.3) is 11.1 Å². The van der Waals surface area contributed by atoms with Crippen molar-refractivity contribution in [3.05, 3.63) is 53.6 Å². The number of rotatable bonds is 3. The third kappa shape index (κ3) is 7.87. The molecule has 0 spiro atoms. The molecule has 2 aromatic rings. The van der Waals surface area contributed by atoms with Gasteiger partial charge in [-0.05, 0) is 56.0 Å². The van der Waals surface area contributed by atoms with Gasteiger partial charge in [0.1, 0.15) is 23.7 Å². The molecule has 0 bridgehead atoms. The molecule has 1 amide bonds. The summed E-state index contributed by atoms with van der Waals surface area (Å²) < 4.78 is 34.5. The number of sulfone groups is 1. The van der Waals surface area contributed by atoms with Crippen LogP contribution in [-0.2, 0) is 31.5 Å². The Hall–Kier alpha value is -2.87. The molecule has 2 aromatic carbocycles. The maximum absolute atomic E-state index is 12.7. The number of nitrogens with zero attached hydrogens (tertiary/aromatic N) is 1. The van der Waals surface area contributed by atoms with Gasteiger partial charge in [-0.2, -0.15) is 0 Å². The fourth-order valence-electron chi connectivity index (χ4n) is 3.79. The zero-order chi connectivity index (χ0) is 24.9. The number of benzene rings is 2. The fraction of sp³-hybridized carbons (Fsp3) is 0.462. The number of carbonyl (C=O) groups is 2. The zero-order valence-corrected chi connectivity index (χ0v) is 21.1. The molecule has 8 heteroatoms. The Morgan fingerprint density at radius 3 is 2.38 bits per heavy atom. The molecule has 34 heavy (non-hydrogen) atoms. The van der Waals surface area contributed by atoms with Crippen molar-refractivity contribution < 1.29 is 27.5 Å². The van der Waals surface area contributed by atoms with Crippen molar-refractivity contribution in [2.45, 2.75) is 51.4 Å². The van der Waals surface area contributed by atoms with Gasteiger partial charge in [0, 0.05) is 31.2 Å². The van der Waals surface area contributed by atoms with Gasteiger partial charge in [0.05, 0.1) is 12.3 Å². The highest BCUT2D eigenvalue weighted by Crippen LogP contribution is 2.29. The van der Waals surface area contributed by atoms with Crippen LogP contribution in [0.3, 0.4) is 0 Å². The Labute approximate surface area is 202 Å². The number of amides is 1. The lowest BCUT2D eigenvalue weighted by atomic mass is 9.98. The molecule has 0 radical (unpaired) electrons. The lowest BCUT2D eigenvalue weighted by Gasteiger charge is -2.27. The molecule has 0 saturated carbocycles. The normalized spacial score (nSPS) is 15.6. The summed E-state index contributed by atoms with van der Waals surface area (Å²) in [7, 11) is -3.09. The van der Waals surface area contributed by atoms with Crippen LogP contribution in [0, 0.1) is 0 Å². The third-order valence-corrected chi connectivity index (χ3v) is 6.18. The summed E-state index contributed by atoms with van der Waals surface area (Å²) in [5.41, 5.74) is 2.79. The lowest BCUT2D eigenvalue weighted by molar-refractivity contribution is -0.118. The van der Waals surface area contributed by atoms with Crippen LogP contribution in [0.2, 0.25) is 0 Å². The summed E-state index contributed by atoms with van der Waals surface area (Å²) in [6, 6.07) is 13.1. The quantitative estimate of drug-likeness (QED) is 0.637. The molecule has 0 aromatic heterocycles. The molecule has 0 aliphatic carbocycles. The van der Waals surface area contributed by atoms with Crippen LogP contribution in [0.4, 0.5) is 4.79 Å². The first-order valence-corrected chi connectivity index (χ1v) is 13.5. The summed E-state index contributed by atoms with van der Waals surface area (Å²) in [5.74, 6) is 0.702. The molecule has 7 nitrogen and oxygen atoms in total. The van der Waals surface area contributed by atoms with Crippen molar-refractivity contribution in [1.82, 2.24) is 4.90 Å². The number of Topliss-reactive ketones (excluding diaryl/α,β-unsaturated/α-hetero) is 1. The molecule has 0 atom stereocenters. The average Bonchev–Trinajstić information content (AvgIpc) is 2.74. The standard InChI is InChI=1S/C26H33NO6S/c1-26(2,3)33-25(29)27-13-5-6-23(28)17-22-16-21(11-12-24(22)32-15-14-27)20-9-7-19(8-10-20)18-34(4,30)31/h7-12,16H,5-6,13-15,17-18H2,1-4H3. The van der Waals surface area contributed by atoms with E-state index in [0.717, 1.165) is 22.3 Å². The average molecular weight is 488 g/mol. The monoisotopic (exact) mass is 487 g/mol. The Balaban J connectivity index is 1.78. The number of hydrogen-bond acceptors (Lipinski definition) is 6. The zero-order valence-electron chi connectivity index (χ0n) is 20.3. The van der Waals surface area contributed by atoms with Crippen LogP contribution in [0.15, 0.2) is 42.5 Å². The van der Waals surface area contributed by atoms with Gasteiger partial charge in [-0.1, -0.05) is 30.3 Å². The first-order valence-electron chi connectivity index (χ1n) is 11.4. The summed E-state index contributed by atoms with van der Waals surface area (Å²) in [6.07, 6.45) is 1.99. The highest BCUT2D eigenvalue weighted by molar-refractivity contribution is 7.89. The van der Waals surface area contributed by atoms with E-state index in [0.29, 0.717) is 38.3 Å². The summed E-state index contributed by atoms with van der Waals surface area (Å²) in [6.45, 7) is 6.57. The topological polar surface area (TPSA) is 90.0 Å². The Kier molecular flexibility index (Phi) is 8.02. The van der Waals surface area contributed by atoms with Gasteiger partial charge >= 0.3 is 6.09 Å². The minimum atomic E-state index is -3.09. The van der Waals surface area contributed by atoms with Gasteiger partial charge in [0.25, 0.3) is 0 Å². The van der Waals surface area contributed by atoms with Crippen molar-refractivity contribution in [2.75, 3.05) is 26.0 Å². The molecule has 0 N–H and O–H groups in total.